The maximum Gasteiger partial charge on any atom is 0.451 e. The van der Waals surface area contributed by atoms with Gasteiger partial charge in [0, 0.05) is 12.0 Å². The minimum atomic E-state index is -3.60. The van der Waals surface area contributed by atoms with Crippen molar-refractivity contribution in [2.24, 2.45) is 0 Å². The second-order valence-corrected chi connectivity index (χ2v) is 7.38. The molecule has 2 aromatic carbocycles. The number of Topliss-reactive ketones (excluding diaryl/α,β-unsaturated/α-hetero) is 1. The lowest BCUT2D eigenvalue weighted by Gasteiger charge is -2.12. The Hall–Kier alpha value is -2.94. The Morgan fingerprint density at radius 1 is 1.04 bits per heavy atom. The predicted octanol–water partition coefficient (Wildman–Crippen LogP) is 4.33. The average molecular weight is 352 g/mol. The second-order valence-electron chi connectivity index (χ2n) is 5.47. The molecule has 25 heavy (non-hydrogen) atoms. The van der Waals surface area contributed by atoms with E-state index in [1.807, 2.05) is 43.4 Å². The predicted molar refractivity (Wildman–Crippen MR) is 96.8 cm³/mol. The fraction of sp³-hybridized carbons (Fsp3) is 0.150. The van der Waals surface area contributed by atoms with Crippen LogP contribution in [0.15, 0.2) is 48.5 Å². The quantitative estimate of drug-likeness (QED) is 0.423. The lowest BCUT2D eigenvalue weighted by atomic mass is 10.0. The van der Waals surface area contributed by atoms with Crippen LogP contribution >= 0.6 is 7.60 Å². The highest BCUT2D eigenvalue weighted by atomic mass is 31.2. The third-order valence-electron chi connectivity index (χ3n) is 3.48. The first-order chi connectivity index (χ1) is 12.0. The maximum absolute atomic E-state index is 12.4. The molecule has 0 radical (unpaired) electrons. The highest BCUT2D eigenvalue weighted by molar-refractivity contribution is 7.53. The van der Waals surface area contributed by atoms with Crippen molar-refractivity contribution in [2.45, 2.75) is 19.5 Å². The molecule has 0 aliphatic heterocycles. The van der Waals surface area contributed by atoms with E-state index in [9.17, 15) is 9.36 Å². The van der Waals surface area contributed by atoms with Crippen molar-refractivity contribution in [3.63, 3.8) is 0 Å². The van der Waals surface area contributed by atoms with Crippen LogP contribution in [0, 0.1) is 32.0 Å². The van der Waals surface area contributed by atoms with Crippen molar-refractivity contribution in [3.05, 3.63) is 70.8 Å². The molecule has 0 aliphatic carbocycles. The summed E-state index contributed by atoms with van der Waals surface area (Å²) in [6.07, 6.45) is 13.9. The Balaban J connectivity index is 2.09. The Morgan fingerprint density at radius 3 is 2.24 bits per heavy atom. The second kappa shape index (κ2) is 8.25. The molecule has 0 bridgehead atoms. The Labute approximate surface area is 147 Å². The van der Waals surface area contributed by atoms with Gasteiger partial charge in [-0.1, -0.05) is 66.9 Å². The summed E-state index contributed by atoms with van der Waals surface area (Å²) in [7, 11) is -3.60. The van der Waals surface area contributed by atoms with Crippen molar-refractivity contribution in [2.75, 3.05) is 0 Å². The molecule has 4 nitrogen and oxygen atoms in total. The van der Waals surface area contributed by atoms with Crippen LogP contribution in [0.1, 0.15) is 27.0 Å². The van der Waals surface area contributed by atoms with Gasteiger partial charge in [0.1, 0.15) is 12.2 Å². The first-order valence-electron chi connectivity index (χ1n) is 7.51. The van der Waals surface area contributed by atoms with Gasteiger partial charge in [0.05, 0.1) is 6.16 Å². The molecule has 0 atom stereocenters. The van der Waals surface area contributed by atoms with Gasteiger partial charge in [-0.15, -0.1) is 0 Å². The van der Waals surface area contributed by atoms with Crippen LogP contribution in [-0.2, 0) is 26.2 Å². The van der Waals surface area contributed by atoms with Crippen LogP contribution in [0.25, 0.3) is 0 Å². The smallest absolute Gasteiger partial charge is 0.362 e. The van der Waals surface area contributed by atoms with Gasteiger partial charge < -0.3 is 9.05 Å². The fourth-order valence-electron chi connectivity index (χ4n) is 2.37. The summed E-state index contributed by atoms with van der Waals surface area (Å²) >= 11 is 0. The molecule has 0 fully saturated rings. The molecule has 2 rings (SSSR count). The van der Waals surface area contributed by atoms with E-state index in [0.717, 1.165) is 11.1 Å². The zero-order chi connectivity index (χ0) is 18.3. The minimum absolute atomic E-state index is 0.0000763. The molecular weight excluding hydrogens is 335 g/mol. The highest BCUT2D eigenvalue weighted by Gasteiger charge is 2.26. The largest absolute Gasteiger partial charge is 0.451 e. The molecule has 2 aromatic rings. The van der Waals surface area contributed by atoms with Crippen LogP contribution < -0.4 is 0 Å². The van der Waals surface area contributed by atoms with Crippen molar-refractivity contribution in [1.82, 2.24) is 0 Å². The third-order valence-corrected chi connectivity index (χ3v) is 5.00. The number of carbonyl (C=O) groups is 1. The molecule has 0 amide bonds. The maximum atomic E-state index is 12.4. The van der Waals surface area contributed by atoms with Gasteiger partial charge in [0.2, 0.25) is 0 Å². The first kappa shape index (κ1) is 18.4. The summed E-state index contributed by atoms with van der Waals surface area (Å²) in [6, 6.07) is 14.5. The van der Waals surface area contributed by atoms with Crippen LogP contribution in [0.2, 0.25) is 0 Å². The topological polar surface area (TPSA) is 52.6 Å². The fourth-order valence-corrected chi connectivity index (χ4v) is 3.52. The van der Waals surface area contributed by atoms with E-state index in [0.29, 0.717) is 17.5 Å². The average Bonchev–Trinajstić information content (AvgIpc) is 2.55. The van der Waals surface area contributed by atoms with E-state index in [1.165, 1.54) is 0 Å². The lowest BCUT2D eigenvalue weighted by Crippen LogP contribution is -2.04. The molecule has 5 heteroatoms. The molecule has 126 valence electrons. The molecule has 0 unspecified atom stereocenters. The Bertz CT molecular complexity index is 865. The van der Waals surface area contributed by atoms with Crippen LogP contribution in [0.5, 0.6) is 0 Å². The number of carbonyl (C=O) groups excluding carboxylic acids is 1. The van der Waals surface area contributed by atoms with Gasteiger partial charge in [0.25, 0.3) is 0 Å². The van der Waals surface area contributed by atoms with Gasteiger partial charge in [-0.25, -0.2) is 4.57 Å². The van der Waals surface area contributed by atoms with Crippen LogP contribution in [0.4, 0.5) is 0 Å². The molecule has 0 aliphatic rings. The standard InChI is InChI=1S/C20H17O4P/c1-4-23-25(22,24-5-2)15-17-9-11-19(12-10-17)20(21)14-18-8-6-7-16(3)13-18/h1-2,6-13H,14-15H2,3H3. The van der Waals surface area contributed by atoms with Crippen LogP contribution in [0.3, 0.4) is 0 Å². The van der Waals surface area contributed by atoms with E-state index in [-0.39, 0.29) is 11.9 Å². The van der Waals surface area contributed by atoms with Gasteiger partial charge in [-0.05, 0) is 18.1 Å². The number of aryl methyl sites for hydroxylation is 1. The summed E-state index contributed by atoms with van der Waals surface area (Å²) in [5.74, 6) is 0.0000763. The third kappa shape index (κ3) is 5.28. The van der Waals surface area contributed by atoms with E-state index >= 15 is 0 Å². The normalized spacial score (nSPS) is 10.4. The van der Waals surface area contributed by atoms with Crippen molar-refractivity contribution >= 4 is 13.4 Å². The highest BCUT2D eigenvalue weighted by Crippen LogP contribution is 2.50. The molecule has 0 N–H and O–H groups in total. The summed E-state index contributed by atoms with van der Waals surface area (Å²) in [6.45, 7) is 1.98. The van der Waals surface area contributed by atoms with E-state index in [4.69, 9.17) is 21.9 Å². The van der Waals surface area contributed by atoms with Gasteiger partial charge in [-0.3, -0.25) is 4.79 Å². The van der Waals surface area contributed by atoms with E-state index < -0.39 is 7.60 Å². The van der Waals surface area contributed by atoms with Gasteiger partial charge in [0.15, 0.2) is 5.78 Å². The van der Waals surface area contributed by atoms with Crippen LogP contribution in [-0.4, -0.2) is 5.78 Å². The first-order valence-corrected chi connectivity index (χ1v) is 9.23. The number of ketones is 1. The molecule has 0 spiro atoms. The van der Waals surface area contributed by atoms with Crippen molar-refractivity contribution in [1.29, 1.82) is 0 Å². The number of benzene rings is 2. The van der Waals surface area contributed by atoms with Gasteiger partial charge >= 0.3 is 7.60 Å². The molecule has 0 aromatic heterocycles. The summed E-state index contributed by atoms with van der Waals surface area (Å²) in [5.41, 5.74) is 3.28. The summed E-state index contributed by atoms with van der Waals surface area (Å²) < 4.78 is 21.7. The van der Waals surface area contributed by atoms with Gasteiger partial charge in [-0.2, -0.15) is 0 Å². The zero-order valence-electron chi connectivity index (χ0n) is 13.8. The SMILES string of the molecule is C#COP(=O)(Cc1ccc(C(=O)Cc2cccc(C)c2)cc1)OC#C. The lowest BCUT2D eigenvalue weighted by molar-refractivity contribution is 0.0993. The van der Waals surface area contributed by atoms with Crippen molar-refractivity contribution in [3.8, 4) is 25.1 Å². The molecule has 0 heterocycles. The number of rotatable bonds is 7. The Kier molecular flexibility index (Phi) is 6.07. The van der Waals surface area contributed by atoms with E-state index in [1.54, 1.807) is 24.3 Å². The number of terminal acetylenes is 2. The monoisotopic (exact) mass is 352 g/mol. The number of hydrogen-bond donors (Lipinski definition) is 0. The van der Waals surface area contributed by atoms with Crippen molar-refractivity contribution < 1.29 is 18.4 Å². The molecule has 0 saturated carbocycles. The Morgan fingerprint density at radius 2 is 1.68 bits per heavy atom. The van der Waals surface area contributed by atoms with E-state index in [2.05, 4.69) is 0 Å². The number of hydrogen-bond acceptors (Lipinski definition) is 4. The molecular formula is C20H17O4P. The molecule has 0 saturated heterocycles. The minimum Gasteiger partial charge on any atom is -0.362 e. The summed E-state index contributed by atoms with van der Waals surface area (Å²) in [5, 5.41) is 0. The zero-order valence-corrected chi connectivity index (χ0v) is 14.7. The summed E-state index contributed by atoms with van der Waals surface area (Å²) in [4.78, 5) is 12.4.